The maximum atomic E-state index is 12.3. The van der Waals surface area contributed by atoms with Crippen LogP contribution in [0.15, 0.2) is 93.5 Å². The van der Waals surface area contributed by atoms with Gasteiger partial charge < -0.3 is 4.90 Å². The molecular formula is C29H21N2O6S5+. The highest BCUT2D eigenvalue weighted by molar-refractivity contribution is 8.04. The molecule has 6 aromatic rings. The maximum Gasteiger partial charge on any atom is 0.326 e. The summed E-state index contributed by atoms with van der Waals surface area (Å²) in [6, 6.07) is 23.5. The lowest BCUT2D eigenvalue weighted by Gasteiger charge is -2.18. The van der Waals surface area contributed by atoms with Crippen LogP contribution in [0.3, 0.4) is 0 Å². The first-order valence-corrected chi connectivity index (χ1v) is 18.3. The maximum absolute atomic E-state index is 12.3. The molecule has 0 spiro atoms. The van der Waals surface area contributed by atoms with Crippen LogP contribution in [0.25, 0.3) is 49.0 Å². The van der Waals surface area contributed by atoms with E-state index in [1.807, 2.05) is 83.6 Å². The minimum absolute atomic E-state index is 0.496. The molecule has 13 heteroatoms. The van der Waals surface area contributed by atoms with Gasteiger partial charge in [-0.1, -0.05) is 65.6 Å². The second-order valence-electron chi connectivity index (χ2n) is 9.79. The highest BCUT2D eigenvalue weighted by Crippen LogP contribution is 2.48. The smallest absolute Gasteiger partial charge is 0.317 e. The number of hydrogen-bond acceptors (Lipinski definition) is 8. The van der Waals surface area contributed by atoms with Crippen LogP contribution in [0.1, 0.15) is 5.01 Å². The quantitative estimate of drug-likeness (QED) is 0.114. The molecule has 0 aliphatic carbocycles. The Hall–Kier alpha value is -3.30. The number of thiophene rings is 1. The number of benzene rings is 4. The molecule has 42 heavy (non-hydrogen) atoms. The van der Waals surface area contributed by atoms with E-state index in [0.717, 1.165) is 42.3 Å². The standard InChI is InChI=1S/C29H20N2O6S5/c32-41(33,34)16-30-24-13-19(20-11-12-38-15-20)6-9-25(24)39-27(30)14-28-31(17-42(35,36)37)29-23-7-5-18-3-1-2-4-21(18)22(23)8-10-26(29)40-28/h1-15H,16-17H2,(H-,32,33,34,35,36,37)/p+1. The highest BCUT2D eigenvalue weighted by Gasteiger charge is 2.32. The SMILES string of the molecule is O=S(=O)(O)CN1C(=Cc2sc3ccc4c5ccccc5ccc4c3[n+]2CS(=O)(=O)O)Sc2ccc(-c3ccsc3)cc21. The van der Waals surface area contributed by atoms with Crippen molar-refractivity contribution in [3.8, 4) is 11.1 Å². The average Bonchev–Trinajstić information content (AvgIpc) is 3.66. The van der Waals surface area contributed by atoms with E-state index >= 15 is 0 Å². The average molecular weight is 654 g/mol. The van der Waals surface area contributed by atoms with E-state index < -0.39 is 32.0 Å². The van der Waals surface area contributed by atoms with E-state index in [1.54, 1.807) is 22.0 Å². The molecule has 0 radical (unpaired) electrons. The molecule has 2 N–H and O–H groups in total. The van der Waals surface area contributed by atoms with Crippen LogP contribution in [0.4, 0.5) is 5.69 Å². The van der Waals surface area contributed by atoms with Gasteiger partial charge in [0.05, 0.1) is 22.2 Å². The Morgan fingerprint density at radius 1 is 0.833 bits per heavy atom. The molecular weight excluding hydrogens is 633 g/mol. The Balaban J connectivity index is 1.44. The van der Waals surface area contributed by atoms with Crippen LogP contribution in [-0.4, -0.2) is 31.8 Å². The van der Waals surface area contributed by atoms with Crippen LogP contribution in [0, 0.1) is 0 Å². The van der Waals surface area contributed by atoms with Crippen molar-refractivity contribution >= 4 is 98.2 Å². The predicted molar refractivity (Wildman–Crippen MR) is 171 cm³/mol. The lowest BCUT2D eigenvalue weighted by molar-refractivity contribution is -0.648. The van der Waals surface area contributed by atoms with Crippen molar-refractivity contribution in [3.63, 3.8) is 0 Å². The van der Waals surface area contributed by atoms with Crippen molar-refractivity contribution in [2.24, 2.45) is 0 Å². The van der Waals surface area contributed by atoms with Gasteiger partial charge in [0.25, 0.3) is 21.0 Å². The third-order valence-electron chi connectivity index (χ3n) is 7.03. The van der Waals surface area contributed by atoms with Crippen molar-refractivity contribution in [1.82, 2.24) is 0 Å². The second-order valence-corrected chi connectivity index (χ2v) is 15.5. The van der Waals surface area contributed by atoms with Crippen LogP contribution >= 0.6 is 34.4 Å². The van der Waals surface area contributed by atoms with Crippen molar-refractivity contribution in [2.75, 3.05) is 10.8 Å². The summed E-state index contributed by atoms with van der Waals surface area (Å²) in [5, 5.41) is 8.78. The number of aromatic nitrogens is 1. The zero-order valence-electron chi connectivity index (χ0n) is 21.5. The number of nitrogens with zero attached hydrogens (tertiary/aromatic N) is 2. The van der Waals surface area contributed by atoms with E-state index in [9.17, 15) is 25.9 Å². The lowest BCUT2D eigenvalue weighted by Crippen LogP contribution is -2.39. The molecule has 8 nitrogen and oxygen atoms in total. The first-order chi connectivity index (χ1) is 20.0. The number of anilines is 1. The van der Waals surface area contributed by atoms with Crippen molar-refractivity contribution in [1.29, 1.82) is 0 Å². The van der Waals surface area contributed by atoms with Gasteiger partial charge in [0, 0.05) is 4.90 Å². The molecule has 3 heterocycles. The Bertz CT molecular complexity index is 2290. The minimum Gasteiger partial charge on any atom is -0.317 e. The van der Waals surface area contributed by atoms with Gasteiger partial charge in [-0.15, -0.1) is 0 Å². The van der Waals surface area contributed by atoms with Gasteiger partial charge in [0.2, 0.25) is 5.52 Å². The molecule has 0 saturated carbocycles. The summed E-state index contributed by atoms with van der Waals surface area (Å²) >= 11 is 4.21. The van der Waals surface area contributed by atoms with E-state index in [0.29, 0.717) is 21.2 Å². The molecule has 0 atom stereocenters. The summed E-state index contributed by atoms with van der Waals surface area (Å²) in [6.45, 7) is 0. The van der Waals surface area contributed by atoms with E-state index in [-0.39, 0.29) is 0 Å². The van der Waals surface area contributed by atoms with Crippen LogP contribution in [-0.2, 0) is 26.1 Å². The molecule has 2 aromatic heterocycles. The first kappa shape index (κ1) is 27.5. The Morgan fingerprint density at radius 2 is 1.64 bits per heavy atom. The van der Waals surface area contributed by atoms with Gasteiger partial charge in [0.1, 0.15) is 4.70 Å². The number of thiazole rings is 1. The normalized spacial score (nSPS) is 14.9. The minimum atomic E-state index is -4.45. The van der Waals surface area contributed by atoms with Crippen LogP contribution < -0.4 is 9.47 Å². The fourth-order valence-corrected chi connectivity index (χ4v) is 9.60. The molecule has 0 unspecified atom stereocenters. The fourth-order valence-electron chi connectivity index (χ4n) is 5.31. The van der Waals surface area contributed by atoms with Crippen LogP contribution in [0.5, 0.6) is 0 Å². The van der Waals surface area contributed by atoms with E-state index in [2.05, 4.69) is 0 Å². The number of fused-ring (bicyclic) bond motifs is 6. The van der Waals surface area contributed by atoms with Gasteiger partial charge in [0.15, 0.2) is 5.88 Å². The molecule has 7 rings (SSSR count). The Kier molecular flexibility index (Phi) is 6.66. The molecule has 212 valence electrons. The number of rotatable bonds is 6. The third kappa shape index (κ3) is 5.11. The topological polar surface area (TPSA) is 116 Å². The van der Waals surface area contributed by atoms with Gasteiger partial charge >= 0.3 is 10.1 Å². The summed E-state index contributed by atoms with van der Waals surface area (Å²) < 4.78 is 70.9. The zero-order valence-corrected chi connectivity index (χ0v) is 25.6. The molecule has 0 amide bonds. The third-order valence-corrected chi connectivity index (χ3v) is 11.1. The Morgan fingerprint density at radius 3 is 2.40 bits per heavy atom. The van der Waals surface area contributed by atoms with Crippen molar-refractivity contribution in [2.45, 2.75) is 10.8 Å². The van der Waals surface area contributed by atoms with Crippen molar-refractivity contribution < 1.29 is 30.5 Å². The van der Waals surface area contributed by atoms with Crippen LogP contribution in [0.2, 0.25) is 0 Å². The van der Waals surface area contributed by atoms with E-state index in [1.165, 1.54) is 28.0 Å². The zero-order chi connectivity index (χ0) is 29.2. The fraction of sp³-hybridized carbons (Fsp3) is 0.0690. The number of thioether (sulfide) groups is 1. The Labute approximate surface area is 253 Å². The number of hydrogen-bond donors (Lipinski definition) is 2. The summed E-state index contributed by atoms with van der Waals surface area (Å²) in [6.07, 6.45) is 1.71. The van der Waals surface area contributed by atoms with E-state index in [4.69, 9.17) is 0 Å². The highest BCUT2D eigenvalue weighted by atomic mass is 32.2. The molecule has 1 aliphatic rings. The molecule has 4 aromatic carbocycles. The van der Waals surface area contributed by atoms with Crippen molar-refractivity contribution in [3.05, 3.63) is 93.6 Å². The van der Waals surface area contributed by atoms with Gasteiger partial charge in [-0.2, -0.15) is 32.7 Å². The summed E-state index contributed by atoms with van der Waals surface area (Å²) in [4.78, 5) is 2.31. The van der Waals surface area contributed by atoms with Gasteiger partial charge in [-0.3, -0.25) is 9.11 Å². The monoisotopic (exact) mass is 653 g/mol. The lowest BCUT2D eigenvalue weighted by atomic mass is 10.0. The predicted octanol–water partition coefficient (Wildman–Crippen LogP) is 6.83. The second kappa shape index (κ2) is 10.2. The summed E-state index contributed by atoms with van der Waals surface area (Å²) in [7, 11) is -8.87. The summed E-state index contributed by atoms with van der Waals surface area (Å²) in [5.74, 6) is -1.36. The summed E-state index contributed by atoms with van der Waals surface area (Å²) in [5.41, 5.74) is 3.16. The first-order valence-electron chi connectivity index (χ1n) is 12.5. The largest absolute Gasteiger partial charge is 0.326 e. The molecule has 0 saturated heterocycles. The van der Waals surface area contributed by atoms with Gasteiger partial charge in [-0.05, 0) is 68.4 Å². The molecule has 0 fully saturated rings. The molecule has 1 aliphatic heterocycles. The van der Waals surface area contributed by atoms with Gasteiger partial charge in [-0.25, -0.2) is 0 Å². The molecule has 0 bridgehead atoms.